The first kappa shape index (κ1) is 24.5. The molecule has 0 spiro atoms. The highest BCUT2D eigenvalue weighted by Gasteiger charge is 2.14. The lowest BCUT2D eigenvalue weighted by Gasteiger charge is -2.23. The van der Waals surface area contributed by atoms with E-state index in [1.807, 2.05) is 24.4 Å². The van der Waals surface area contributed by atoms with Crippen molar-refractivity contribution in [3.63, 3.8) is 0 Å². The van der Waals surface area contributed by atoms with Gasteiger partial charge in [0.25, 0.3) is 0 Å². The minimum Gasteiger partial charge on any atom is -0.341 e. The minimum absolute atomic E-state index is 0.117. The smallest absolute Gasteiger partial charge is 0.332 e. The third-order valence-electron chi connectivity index (χ3n) is 6.01. The maximum absolute atomic E-state index is 12.1. The zero-order valence-corrected chi connectivity index (χ0v) is 19.2. The Bertz CT molecular complexity index is 611. The first-order chi connectivity index (χ1) is 14.8. The van der Waals surface area contributed by atoms with Crippen molar-refractivity contribution in [1.82, 2.24) is 5.06 Å². The molecular weight excluding hydrogens is 370 g/mol. The molecule has 0 radical (unpaired) electrons. The number of benzene rings is 1. The second-order valence-corrected chi connectivity index (χ2v) is 8.75. The van der Waals surface area contributed by atoms with Gasteiger partial charge in [-0.2, -0.15) is 0 Å². The number of hydrogen-bond donors (Lipinski definition) is 0. The normalized spacial score (nSPS) is 12.8. The van der Waals surface area contributed by atoms with Gasteiger partial charge in [-0.15, -0.1) is 0 Å². The molecule has 1 heterocycles. The molecule has 0 bridgehead atoms. The van der Waals surface area contributed by atoms with E-state index in [2.05, 4.69) is 19.1 Å². The van der Waals surface area contributed by atoms with E-state index >= 15 is 0 Å². The lowest BCUT2D eigenvalue weighted by atomic mass is 10.0. The molecule has 0 aliphatic carbocycles. The first-order valence-corrected chi connectivity index (χ1v) is 12.5. The Morgan fingerprint density at radius 1 is 0.800 bits per heavy atom. The Labute approximate surface area is 184 Å². The summed E-state index contributed by atoms with van der Waals surface area (Å²) in [6.07, 6.45) is 24.4. The average Bonchev–Trinajstić information content (AvgIpc) is 2.76. The standard InChI is InChI=1S/C27H43NO2/c1-2-3-4-5-6-7-8-9-10-11-12-13-14-15-16-21-27(29)30-28-23-22-25-19-17-18-20-26(25)24-28/h17-20,22-23H,2-16,21,24H2,1H3. The Kier molecular flexibility index (Phi) is 13.1. The highest BCUT2D eigenvalue weighted by molar-refractivity contribution is 5.69. The third kappa shape index (κ3) is 10.8. The van der Waals surface area contributed by atoms with Gasteiger partial charge < -0.3 is 4.84 Å². The third-order valence-corrected chi connectivity index (χ3v) is 6.01. The molecule has 0 saturated carbocycles. The van der Waals surface area contributed by atoms with Crippen LogP contribution in [0.5, 0.6) is 0 Å². The summed E-state index contributed by atoms with van der Waals surface area (Å²) in [4.78, 5) is 17.5. The topological polar surface area (TPSA) is 29.5 Å². The van der Waals surface area contributed by atoms with Crippen LogP contribution < -0.4 is 0 Å². The van der Waals surface area contributed by atoms with E-state index in [1.165, 1.54) is 94.6 Å². The van der Waals surface area contributed by atoms with Gasteiger partial charge in [-0.1, -0.05) is 121 Å². The lowest BCUT2D eigenvalue weighted by Crippen LogP contribution is -2.24. The van der Waals surface area contributed by atoms with Gasteiger partial charge in [0.05, 0.1) is 6.54 Å². The van der Waals surface area contributed by atoms with Crippen molar-refractivity contribution in [2.45, 2.75) is 116 Å². The number of hydrogen-bond acceptors (Lipinski definition) is 3. The van der Waals surface area contributed by atoms with Crippen LogP contribution in [0.25, 0.3) is 6.08 Å². The number of rotatable bonds is 17. The Morgan fingerprint density at radius 3 is 1.93 bits per heavy atom. The van der Waals surface area contributed by atoms with Crippen LogP contribution in [0.2, 0.25) is 0 Å². The van der Waals surface area contributed by atoms with E-state index in [4.69, 9.17) is 4.84 Å². The molecule has 0 fully saturated rings. The summed E-state index contributed by atoms with van der Waals surface area (Å²) in [7, 11) is 0. The van der Waals surface area contributed by atoms with E-state index < -0.39 is 0 Å². The SMILES string of the molecule is CCCCCCCCCCCCCCCCCC(=O)ON1C=Cc2ccccc2C1. The molecular formula is C27H43NO2. The van der Waals surface area contributed by atoms with Crippen molar-refractivity contribution in [3.8, 4) is 0 Å². The summed E-state index contributed by atoms with van der Waals surface area (Å²) in [5, 5.41) is 1.65. The molecule has 1 aliphatic heterocycles. The van der Waals surface area contributed by atoms with Crippen LogP contribution in [0.3, 0.4) is 0 Å². The molecule has 0 N–H and O–H groups in total. The molecule has 3 heteroatoms. The van der Waals surface area contributed by atoms with Crippen LogP contribution in [0.15, 0.2) is 30.5 Å². The second-order valence-electron chi connectivity index (χ2n) is 8.75. The van der Waals surface area contributed by atoms with Crippen LogP contribution in [0, 0.1) is 0 Å². The lowest BCUT2D eigenvalue weighted by molar-refractivity contribution is -0.180. The van der Waals surface area contributed by atoms with Gasteiger partial charge in [-0.05, 0) is 23.6 Å². The number of hydroxylamine groups is 2. The summed E-state index contributed by atoms with van der Waals surface area (Å²) in [5.74, 6) is -0.117. The zero-order valence-electron chi connectivity index (χ0n) is 19.2. The molecule has 0 atom stereocenters. The predicted molar refractivity (Wildman–Crippen MR) is 127 cm³/mol. The monoisotopic (exact) mass is 413 g/mol. The highest BCUT2D eigenvalue weighted by Crippen LogP contribution is 2.20. The van der Waals surface area contributed by atoms with Crippen LogP contribution in [-0.2, 0) is 16.2 Å². The van der Waals surface area contributed by atoms with Crippen molar-refractivity contribution in [2.24, 2.45) is 0 Å². The second kappa shape index (κ2) is 16.0. The number of carbonyl (C=O) groups excluding carboxylic acids is 1. The van der Waals surface area contributed by atoms with Gasteiger partial charge in [0.15, 0.2) is 0 Å². The molecule has 30 heavy (non-hydrogen) atoms. The number of unbranched alkanes of at least 4 members (excludes halogenated alkanes) is 14. The molecule has 0 saturated heterocycles. The van der Waals surface area contributed by atoms with Gasteiger partial charge >= 0.3 is 5.97 Å². The summed E-state index contributed by atoms with van der Waals surface area (Å²) in [5.41, 5.74) is 2.40. The van der Waals surface area contributed by atoms with Gasteiger partial charge in [-0.3, -0.25) is 0 Å². The first-order valence-electron chi connectivity index (χ1n) is 12.5. The number of fused-ring (bicyclic) bond motifs is 1. The van der Waals surface area contributed by atoms with Crippen molar-refractivity contribution < 1.29 is 9.63 Å². The molecule has 1 aromatic carbocycles. The molecule has 0 unspecified atom stereocenters. The van der Waals surface area contributed by atoms with Crippen molar-refractivity contribution >= 4 is 12.0 Å². The van der Waals surface area contributed by atoms with Gasteiger partial charge in [0.1, 0.15) is 0 Å². The van der Waals surface area contributed by atoms with Crippen molar-refractivity contribution in [2.75, 3.05) is 0 Å². The molecule has 168 valence electrons. The molecule has 0 aromatic heterocycles. The van der Waals surface area contributed by atoms with E-state index in [-0.39, 0.29) is 5.97 Å². The van der Waals surface area contributed by atoms with Crippen LogP contribution in [0.1, 0.15) is 121 Å². The fourth-order valence-electron chi connectivity index (χ4n) is 4.10. The molecule has 1 aliphatic rings. The average molecular weight is 414 g/mol. The van der Waals surface area contributed by atoms with E-state index in [0.29, 0.717) is 13.0 Å². The van der Waals surface area contributed by atoms with Gasteiger partial charge in [-0.25, -0.2) is 9.86 Å². The number of carbonyl (C=O) groups is 1. The van der Waals surface area contributed by atoms with E-state index in [0.717, 1.165) is 12.8 Å². The molecule has 0 amide bonds. The van der Waals surface area contributed by atoms with Crippen LogP contribution in [0.4, 0.5) is 0 Å². The quantitative estimate of drug-likeness (QED) is 0.241. The minimum atomic E-state index is -0.117. The maximum Gasteiger partial charge on any atom is 0.332 e. The zero-order chi connectivity index (χ0) is 21.3. The highest BCUT2D eigenvalue weighted by atomic mass is 16.7. The van der Waals surface area contributed by atoms with Crippen LogP contribution >= 0.6 is 0 Å². The molecule has 1 aromatic rings. The maximum atomic E-state index is 12.1. The predicted octanol–water partition coefficient (Wildman–Crippen LogP) is 8.19. The fourth-order valence-corrected chi connectivity index (χ4v) is 4.10. The molecule has 3 nitrogen and oxygen atoms in total. The number of nitrogens with zero attached hydrogens (tertiary/aromatic N) is 1. The Hall–Kier alpha value is -1.77. The summed E-state index contributed by atoms with van der Waals surface area (Å²) in [6.45, 7) is 2.92. The Balaban J connectivity index is 1.35. The Morgan fingerprint density at radius 2 is 1.33 bits per heavy atom. The van der Waals surface area contributed by atoms with Gasteiger partial charge in [0.2, 0.25) is 0 Å². The summed E-state index contributed by atoms with van der Waals surface area (Å²) >= 11 is 0. The fraction of sp³-hybridized carbons (Fsp3) is 0.667. The van der Waals surface area contributed by atoms with E-state index in [9.17, 15) is 4.79 Å². The van der Waals surface area contributed by atoms with Crippen molar-refractivity contribution in [1.29, 1.82) is 0 Å². The van der Waals surface area contributed by atoms with Crippen molar-refractivity contribution in [3.05, 3.63) is 41.6 Å². The van der Waals surface area contributed by atoms with Crippen LogP contribution in [-0.4, -0.2) is 11.0 Å². The summed E-state index contributed by atoms with van der Waals surface area (Å²) < 4.78 is 0. The largest absolute Gasteiger partial charge is 0.341 e. The molecule has 2 rings (SSSR count). The van der Waals surface area contributed by atoms with Gasteiger partial charge in [0, 0.05) is 12.6 Å². The summed E-state index contributed by atoms with van der Waals surface area (Å²) in [6, 6.07) is 8.21. The van der Waals surface area contributed by atoms with E-state index in [1.54, 1.807) is 5.06 Å².